The highest BCUT2D eigenvalue weighted by atomic mass is 16.5. The monoisotopic (exact) mass is 344 g/mol. The molecule has 9 nitrogen and oxygen atoms in total. The fourth-order valence-electron chi connectivity index (χ4n) is 2.54. The third-order valence-corrected chi connectivity index (χ3v) is 3.95. The molecule has 25 heavy (non-hydrogen) atoms. The lowest BCUT2D eigenvalue weighted by Crippen LogP contribution is -2.32. The van der Waals surface area contributed by atoms with Crippen molar-refractivity contribution in [1.82, 2.24) is 30.2 Å². The van der Waals surface area contributed by atoms with Crippen LogP contribution in [0.5, 0.6) is 5.88 Å². The maximum Gasteiger partial charge on any atom is 0.325 e. The van der Waals surface area contributed by atoms with E-state index in [0.29, 0.717) is 18.0 Å². The molecule has 0 spiro atoms. The number of rotatable bonds is 6. The molecular formula is C16H20N6O3. The van der Waals surface area contributed by atoms with Crippen molar-refractivity contribution in [2.75, 3.05) is 7.11 Å². The molecule has 2 aromatic heterocycles. The lowest BCUT2D eigenvalue weighted by Gasteiger charge is -2.12. The van der Waals surface area contributed by atoms with Crippen LogP contribution in [0.1, 0.15) is 31.1 Å². The van der Waals surface area contributed by atoms with E-state index in [9.17, 15) is 9.59 Å². The summed E-state index contributed by atoms with van der Waals surface area (Å²) in [5.74, 6) is 0.201. The molecule has 1 aliphatic heterocycles. The van der Waals surface area contributed by atoms with E-state index in [-0.39, 0.29) is 18.5 Å². The second-order valence-corrected chi connectivity index (χ2v) is 6.12. The molecule has 0 bridgehead atoms. The van der Waals surface area contributed by atoms with Crippen LogP contribution in [-0.2, 0) is 17.8 Å². The number of amides is 3. The van der Waals surface area contributed by atoms with Crippen molar-refractivity contribution in [3.8, 4) is 5.88 Å². The number of carbonyl (C=O) groups excluding carboxylic acids is 2. The van der Waals surface area contributed by atoms with Gasteiger partial charge in [0, 0.05) is 30.9 Å². The largest absolute Gasteiger partial charge is 0.481 e. The molecule has 1 fully saturated rings. The summed E-state index contributed by atoms with van der Waals surface area (Å²) >= 11 is 0. The van der Waals surface area contributed by atoms with Crippen molar-refractivity contribution >= 4 is 11.9 Å². The molecule has 3 amide bonds. The number of nitrogens with one attached hydrogen (secondary N) is 1. The Morgan fingerprint density at radius 3 is 2.72 bits per heavy atom. The molecule has 1 atom stereocenters. The molecule has 0 aliphatic carbocycles. The normalized spacial score (nSPS) is 17.3. The van der Waals surface area contributed by atoms with Gasteiger partial charge in [0.15, 0.2) is 0 Å². The van der Waals surface area contributed by atoms with E-state index in [2.05, 4.69) is 20.6 Å². The number of nitrogens with zero attached hydrogens (tertiary/aromatic N) is 5. The fraction of sp³-hybridized carbons (Fsp3) is 0.438. The first kappa shape index (κ1) is 16.9. The van der Waals surface area contributed by atoms with Crippen molar-refractivity contribution < 1.29 is 14.3 Å². The van der Waals surface area contributed by atoms with E-state index in [0.717, 1.165) is 5.56 Å². The van der Waals surface area contributed by atoms with Gasteiger partial charge in [-0.2, -0.15) is 0 Å². The summed E-state index contributed by atoms with van der Waals surface area (Å²) in [5, 5.41) is 10.8. The van der Waals surface area contributed by atoms with Crippen LogP contribution < -0.4 is 10.1 Å². The summed E-state index contributed by atoms with van der Waals surface area (Å²) in [6, 6.07) is 2.61. The first-order valence-electron chi connectivity index (χ1n) is 7.99. The van der Waals surface area contributed by atoms with Crippen LogP contribution in [0.3, 0.4) is 0 Å². The Hall–Kier alpha value is -2.97. The molecule has 0 aromatic carbocycles. The number of methoxy groups -OCH3 is 1. The molecule has 1 N–H and O–H groups in total. The van der Waals surface area contributed by atoms with Crippen molar-refractivity contribution in [2.24, 2.45) is 0 Å². The van der Waals surface area contributed by atoms with Gasteiger partial charge in [-0.1, -0.05) is 11.3 Å². The lowest BCUT2D eigenvalue weighted by atomic mass is 10.1. The maximum atomic E-state index is 12.5. The molecule has 1 saturated heterocycles. The van der Waals surface area contributed by atoms with Gasteiger partial charge < -0.3 is 10.1 Å². The first-order chi connectivity index (χ1) is 12.0. The number of aromatic nitrogens is 4. The van der Waals surface area contributed by atoms with Crippen LogP contribution in [0.15, 0.2) is 24.5 Å². The standard InChI is InChI=1S/C16H20N6O3/c1-10(2)22-9-12(19-20-22)6-13-15(23)21(16(24)18-13)8-11-4-5-14(25-3)17-7-11/h4-5,7,9-10,13H,6,8H2,1-3H3,(H,18,24)/t13-/m1/s1. The molecule has 132 valence electrons. The first-order valence-corrected chi connectivity index (χ1v) is 7.99. The summed E-state index contributed by atoms with van der Waals surface area (Å²) in [6.07, 6.45) is 3.69. The Balaban J connectivity index is 1.66. The summed E-state index contributed by atoms with van der Waals surface area (Å²) in [6.45, 7) is 4.15. The predicted molar refractivity (Wildman–Crippen MR) is 87.8 cm³/mol. The molecule has 0 radical (unpaired) electrons. The molecule has 3 heterocycles. The Morgan fingerprint density at radius 2 is 2.12 bits per heavy atom. The SMILES string of the molecule is COc1ccc(CN2C(=O)N[C@H](Cc3cn(C(C)C)nn3)C2=O)cn1. The molecular weight excluding hydrogens is 324 g/mol. The van der Waals surface area contributed by atoms with E-state index in [4.69, 9.17) is 4.74 Å². The summed E-state index contributed by atoms with van der Waals surface area (Å²) in [5.41, 5.74) is 1.41. The van der Waals surface area contributed by atoms with Crippen molar-refractivity contribution in [3.05, 3.63) is 35.8 Å². The fourth-order valence-corrected chi connectivity index (χ4v) is 2.54. The van der Waals surface area contributed by atoms with E-state index >= 15 is 0 Å². The number of pyridine rings is 1. The second kappa shape index (κ2) is 6.88. The number of imide groups is 1. The van der Waals surface area contributed by atoms with Gasteiger partial charge in [-0.25, -0.2) is 14.5 Å². The number of urea groups is 1. The van der Waals surface area contributed by atoms with Crippen LogP contribution >= 0.6 is 0 Å². The Bertz CT molecular complexity index is 770. The highest BCUT2D eigenvalue weighted by molar-refractivity contribution is 6.04. The molecule has 9 heteroatoms. The zero-order valence-electron chi connectivity index (χ0n) is 14.3. The van der Waals surface area contributed by atoms with Gasteiger partial charge in [0.1, 0.15) is 6.04 Å². The van der Waals surface area contributed by atoms with Crippen molar-refractivity contribution in [1.29, 1.82) is 0 Å². The summed E-state index contributed by atoms with van der Waals surface area (Å²) < 4.78 is 6.72. The third kappa shape index (κ3) is 3.59. The van der Waals surface area contributed by atoms with Crippen LogP contribution in [0.4, 0.5) is 4.79 Å². The summed E-state index contributed by atoms with van der Waals surface area (Å²) in [7, 11) is 1.53. The Morgan fingerprint density at radius 1 is 1.32 bits per heavy atom. The maximum absolute atomic E-state index is 12.5. The molecule has 0 unspecified atom stereocenters. The van der Waals surface area contributed by atoms with E-state index < -0.39 is 12.1 Å². The van der Waals surface area contributed by atoms with E-state index in [1.54, 1.807) is 29.2 Å². The average Bonchev–Trinajstić information content (AvgIpc) is 3.16. The topological polar surface area (TPSA) is 102 Å². The molecule has 2 aromatic rings. The third-order valence-electron chi connectivity index (χ3n) is 3.95. The zero-order chi connectivity index (χ0) is 18.0. The quantitative estimate of drug-likeness (QED) is 0.782. The number of ether oxygens (including phenoxy) is 1. The lowest BCUT2D eigenvalue weighted by molar-refractivity contribution is -0.127. The number of carbonyl (C=O) groups is 2. The average molecular weight is 344 g/mol. The smallest absolute Gasteiger partial charge is 0.325 e. The van der Waals surface area contributed by atoms with Crippen molar-refractivity contribution in [3.63, 3.8) is 0 Å². The minimum absolute atomic E-state index is 0.164. The van der Waals surface area contributed by atoms with Gasteiger partial charge in [-0.15, -0.1) is 5.10 Å². The van der Waals surface area contributed by atoms with E-state index in [1.807, 2.05) is 13.8 Å². The van der Waals surface area contributed by atoms with Crippen LogP contribution in [0.2, 0.25) is 0 Å². The summed E-state index contributed by atoms with van der Waals surface area (Å²) in [4.78, 5) is 29.9. The van der Waals surface area contributed by atoms with Crippen molar-refractivity contribution in [2.45, 2.75) is 38.9 Å². The van der Waals surface area contributed by atoms with Gasteiger partial charge in [-0.05, 0) is 19.4 Å². The minimum atomic E-state index is -0.629. The highest BCUT2D eigenvalue weighted by Crippen LogP contribution is 2.16. The Labute approximate surface area is 145 Å². The zero-order valence-corrected chi connectivity index (χ0v) is 14.3. The minimum Gasteiger partial charge on any atom is -0.481 e. The van der Waals surface area contributed by atoms with Gasteiger partial charge in [0.25, 0.3) is 5.91 Å². The second-order valence-electron chi connectivity index (χ2n) is 6.12. The molecule has 1 aliphatic rings. The number of hydrogen-bond donors (Lipinski definition) is 1. The molecule has 0 saturated carbocycles. The van der Waals surface area contributed by atoms with Gasteiger partial charge in [0.2, 0.25) is 5.88 Å². The predicted octanol–water partition coefficient (Wildman–Crippen LogP) is 0.926. The van der Waals surface area contributed by atoms with Gasteiger partial charge in [0.05, 0.1) is 19.3 Å². The number of hydrogen-bond acceptors (Lipinski definition) is 6. The molecule has 3 rings (SSSR count). The van der Waals surface area contributed by atoms with Crippen LogP contribution in [0, 0.1) is 0 Å². The van der Waals surface area contributed by atoms with Gasteiger partial charge in [-0.3, -0.25) is 9.69 Å². The Kier molecular flexibility index (Phi) is 4.64. The van der Waals surface area contributed by atoms with E-state index in [1.165, 1.54) is 12.0 Å². The highest BCUT2D eigenvalue weighted by Gasteiger charge is 2.38. The van der Waals surface area contributed by atoms with Crippen LogP contribution in [0.25, 0.3) is 0 Å². The van der Waals surface area contributed by atoms with Gasteiger partial charge >= 0.3 is 6.03 Å². The van der Waals surface area contributed by atoms with Crippen LogP contribution in [-0.4, -0.2) is 50.0 Å².